The largest absolute Gasteiger partial charge is 0.354 e. The summed E-state index contributed by atoms with van der Waals surface area (Å²) in [5.74, 6) is 0.874. The van der Waals surface area contributed by atoms with E-state index >= 15 is 0 Å². The molecule has 21 heavy (non-hydrogen) atoms. The molecule has 2 aromatic carbocycles. The zero-order valence-corrected chi connectivity index (χ0v) is 12.0. The molecule has 0 saturated heterocycles. The van der Waals surface area contributed by atoms with Gasteiger partial charge in [0.2, 0.25) is 0 Å². The minimum Gasteiger partial charge on any atom is -0.354 e. The summed E-state index contributed by atoms with van der Waals surface area (Å²) < 4.78 is 0. The Morgan fingerprint density at radius 3 is 2.05 bits per heavy atom. The second-order valence-electron chi connectivity index (χ2n) is 4.98. The standard InChI is InChI=1S/C18H17N3/c1-21(14-15-8-4-2-5-9-15)18-13-12-17(19-20-18)16-10-6-3-7-11-16/h2-13H,14H2,1H3. The van der Waals surface area contributed by atoms with Gasteiger partial charge in [0.05, 0.1) is 5.69 Å². The Hall–Kier alpha value is -2.68. The monoisotopic (exact) mass is 275 g/mol. The molecule has 3 heteroatoms. The molecule has 3 nitrogen and oxygen atoms in total. The third kappa shape index (κ3) is 3.26. The van der Waals surface area contributed by atoms with Gasteiger partial charge in [-0.15, -0.1) is 10.2 Å². The van der Waals surface area contributed by atoms with Crippen molar-refractivity contribution < 1.29 is 0 Å². The smallest absolute Gasteiger partial charge is 0.151 e. The van der Waals surface area contributed by atoms with Crippen LogP contribution in [-0.2, 0) is 6.54 Å². The molecule has 1 heterocycles. The van der Waals surface area contributed by atoms with Gasteiger partial charge < -0.3 is 4.90 Å². The highest BCUT2D eigenvalue weighted by Crippen LogP contribution is 2.18. The molecule has 0 spiro atoms. The van der Waals surface area contributed by atoms with Crippen LogP contribution in [0.4, 0.5) is 5.82 Å². The summed E-state index contributed by atoms with van der Waals surface area (Å²) in [6, 6.07) is 24.5. The van der Waals surface area contributed by atoms with E-state index < -0.39 is 0 Å². The van der Waals surface area contributed by atoms with Crippen molar-refractivity contribution in [3.05, 3.63) is 78.4 Å². The zero-order valence-electron chi connectivity index (χ0n) is 12.0. The van der Waals surface area contributed by atoms with E-state index in [-0.39, 0.29) is 0 Å². The molecule has 0 unspecified atom stereocenters. The second kappa shape index (κ2) is 6.18. The Bertz CT molecular complexity index is 679. The molecule has 3 aromatic rings. The number of hydrogen-bond donors (Lipinski definition) is 0. The summed E-state index contributed by atoms with van der Waals surface area (Å²) in [7, 11) is 2.03. The van der Waals surface area contributed by atoms with Gasteiger partial charge in [0.1, 0.15) is 0 Å². The summed E-state index contributed by atoms with van der Waals surface area (Å²) in [5, 5.41) is 8.65. The molecule has 0 atom stereocenters. The maximum atomic E-state index is 4.33. The topological polar surface area (TPSA) is 29.0 Å². The van der Waals surface area contributed by atoms with Gasteiger partial charge in [-0.3, -0.25) is 0 Å². The summed E-state index contributed by atoms with van der Waals surface area (Å²) in [5.41, 5.74) is 3.24. The van der Waals surface area contributed by atoms with Gasteiger partial charge in [-0.1, -0.05) is 60.7 Å². The molecule has 0 fully saturated rings. The summed E-state index contributed by atoms with van der Waals surface area (Å²) in [4.78, 5) is 2.09. The van der Waals surface area contributed by atoms with Crippen molar-refractivity contribution in [1.82, 2.24) is 10.2 Å². The van der Waals surface area contributed by atoms with Crippen molar-refractivity contribution in [3.8, 4) is 11.3 Å². The normalized spacial score (nSPS) is 10.3. The highest BCUT2D eigenvalue weighted by Gasteiger charge is 2.05. The maximum absolute atomic E-state index is 4.33. The Labute approximate surface area is 124 Å². The lowest BCUT2D eigenvalue weighted by Crippen LogP contribution is -2.18. The molecule has 0 radical (unpaired) electrons. The highest BCUT2D eigenvalue weighted by atomic mass is 15.2. The van der Waals surface area contributed by atoms with E-state index in [0.29, 0.717) is 0 Å². The molecule has 0 amide bonds. The molecule has 1 aromatic heterocycles. The van der Waals surface area contributed by atoms with Crippen LogP contribution in [0.2, 0.25) is 0 Å². The summed E-state index contributed by atoms with van der Waals surface area (Å²) >= 11 is 0. The summed E-state index contributed by atoms with van der Waals surface area (Å²) in [6.07, 6.45) is 0. The first kappa shape index (κ1) is 13.3. The Kier molecular flexibility index (Phi) is 3.92. The van der Waals surface area contributed by atoms with Crippen molar-refractivity contribution in [2.45, 2.75) is 6.54 Å². The Morgan fingerprint density at radius 1 is 0.762 bits per heavy atom. The number of nitrogens with zero attached hydrogens (tertiary/aromatic N) is 3. The van der Waals surface area contributed by atoms with Crippen LogP contribution in [0, 0.1) is 0 Å². The van der Waals surface area contributed by atoms with Gasteiger partial charge in [0.15, 0.2) is 5.82 Å². The van der Waals surface area contributed by atoms with E-state index in [0.717, 1.165) is 23.6 Å². The molecule has 0 aliphatic heterocycles. The molecular formula is C18H17N3. The van der Waals surface area contributed by atoms with E-state index in [4.69, 9.17) is 0 Å². The third-order valence-corrected chi connectivity index (χ3v) is 3.37. The number of anilines is 1. The lowest BCUT2D eigenvalue weighted by atomic mass is 10.1. The van der Waals surface area contributed by atoms with Crippen LogP contribution in [-0.4, -0.2) is 17.2 Å². The quantitative estimate of drug-likeness (QED) is 0.725. The fourth-order valence-corrected chi connectivity index (χ4v) is 2.23. The Balaban J connectivity index is 1.75. The van der Waals surface area contributed by atoms with Gasteiger partial charge in [-0.25, -0.2) is 0 Å². The van der Waals surface area contributed by atoms with Crippen LogP contribution < -0.4 is 4.90 Å². The van der Waals surface area contributed by atoms with Crippen LogP contribution >= 0.6 is 0 Å². The zero-order chi connectivity index (χ0) is 14.5. The van der Waals surface area contributed by atoms with E-state index in [9.17, 15) is 0 Å². The first-order valence-electron chi connectivity index (χ1n) is 6.97. The van der Waals surface area contributed by atoms with Gasteiger partial charge in [-0.05, 0) is 17.7 Å². The average Bonchev–Trinajstić information content (AvgIpc) is 2.57. The second-order valence-corrected chi connectivity index (χ2v) is 4.98. The molecule has 0 bridgehead atoms. The van der Waals surface area contributed by atoms with Gasteiger partial charge >= 0.3 is 0 Å². The fourth-order valence-electron chi connectivity index (χ4n) is 2.23. The third-order valence-electron chi connectivity index (χ3n) is 3.37. The van der Waals surface area contributed by atoms with Crippen LogP contribution in [0.1, 0.15) is 5.56 Å². The van der Waals surface area contributed by atoms with Crippen LogP contribution in [0.25, 0.3) is 11.3 Å². The Morgan fingerprint density at radius 2 is 1.43 bits per heavy atom. The number of aromatic nitrogens is 2. The lowest BCUT2D eigenvalue weighted by Gasteiger charge is -2.17. The maximum Gasteiger partial charge on any atom is 0.151 e. The van der Waals surface area contributed by atoms with Crippen LogP contribution in [0.15, 0.2) is 72.8 Å². The first-order chi connectivity index (χ1) is 10.3. The van der Waals surface area contributed by atoms with Crippen molar-refractivity contribution in [1.29, 1.82) is 0 Å². The van der Waals surface area contributed by atoms with E-state index in [1.807, 2.05) is 67.7 Å². The molecule has 0 saturated carbocycles. The first-order valence-corrected chi connectivity index (χ1v) is 6.97. The van der Waals surface area contributed by atoms with Crippen LogP contribution in [0.3, 0.4) is 0 Å². The van der Waals surface area contributed by atoms with Crippen molar-refractivity contribution in [2.24, 2.45) is 0 Å². The van der Waals surface area contributed by atoms with Crippen molar-refractivity contribution in [3.63, 3.8) is 0 Å². The average molecular weight is 275 g/mol. The van der Waals surface area contributed by atoms with Gasteiger partial charge in [0, 0.05) is 19.2 Å². The molecule has 104 valence electrons. The molecular weight excluding hydrogens is 258 g/mol. The minimum atomic E-state index is 0.820. The van der Waals surface area contributed by atoms with E-state index in [1.165, 1.54) is 5.56 Å². The minimum absolute atomic E-state index is 0.820. The predicted octanol–water partition coefficient (Wildman–Crippen LogP) is 3.78. The summed E-state index contributed by atoms with van der Waals surface area (Å²) in [6.45, 7) is 0.820. The fraction of sp³-hybridized carbons (Fsp3) is 0.111. The van der Waals surface area contributed by atoms with Crippen LogP contribution in [0.5, 0.6) is 0 Å². The lowest BCUT2D eigenvalue weighted by molar-refractivity contribution is 0.868. The molecule has 0 aliphatic carbocycles. The highest BCUT2D eigenvalue weighted by molar-refractivity contribution is 5.59. The molecule has 0 aliphatic rings. The van der Waals surface area contributed by atoms with E-state index in [1.54, 1.807) is 0 Å². The van der Waals surface area contributed by atoms with Crippen molar-refractivity contribution in [2.75, 3.05) is 11.9 Å². The number of rotatable bonds is 4. The molecule has 0 N–H and O–H groups in total. The number of benzene rings is 2. The number of hydrogen-bond acceptors (Lipinski definition) is 3. The SMILES string of the molecule is CN(Cc1ccccc1)c1ccc(-c2ccccc2)nn1. The van der Waals surface area contributed by atoms with Gasteiger partial charge in [-0.2, -0.15) is 0 Å². The predicted molar refractivity (Wildman–Crippen MR) is 86.0 cm³/mol. The van der Waals surface area contributed by atoms with E-state index in [2.05, 4.69) is 27.2 Å². The van der Waals surface area contributed by atoms with Crippen molar-refractivity contribution >= 4 is 5.82 Å². The van der Waals surface area contributed by atoms with Gasteiger partial charge in [0.25, 0.3) is 0 Å². The molecule has 3 rings (SSSR count).